The third-order valence-electron chi connectivity index (χ3n) is 4.22. The summed E-state index contributed by atoms with van der Waals surface area (Å²) in [7, 11) is 0. The van der Waals surface area contributed by atoms with Crippen molar-refractivity contribution in [1.82, 2.24) is 10.2 Å². The summed E-state index contributed by atoms with van der Waals surface area (Å²) in [4.78, 5) is 12.6. The van der Waals surface area contributed by atoms with E-state index in [0.29, 0.717) is 5.82 Å². The number of hydrogen-bond acceptors (Lipinski definition) is 2. The first-order valence-electron chi connectivity index (χ1n) is 7.16. The van der Waals surface area contributed by atoms with E-state index in [4.69, 9.17) is 0 Å². The molecule has 1 aliphatic carbocycles. The molecule has 4 nitrogen and oxygen atoms in total. The van der Waals surface area contributed by atoms with Gasteiger partial charge in [-0.25, -0.2) is 0 Å². The molecule has 1 aromatic carbocycles. The number of H-pyrrole nitrogens is 1. The fourth-order valence-electron chi connectivity index (χ4n) is 2.78. The van der Waals surface area contributed by atoms with Crippen molar-refractivity contribution in [2.24, 2.45) is 0 Å². The molecule has 104 valence electrons. The molecule has 3 rings (SSSR count). The van der Waals surface area contributed by atoms with Crippen LogP contribution in [-0.4, -0.2) is 16.1 Å². The Bertz CT molecular complexity index is 599. The van der Waals surface area contributed by atoms with Crippen molar-refractivity contribution in [2.45, 2.75) is 38.0 Å². The number of nitrogens with one attached hydrogen (secondary N) is 2. The van der Waals surface area contributed by atoms with Crippen molar-refractivity contribution in [3.63, 3.8) is 0 Å². The van der Waals surface area contributed by atoms with Crippen LogP contribution in [0.25, 0.3) is 0 Å². The lowest BCUT2D eigenvalue weighted by atomic mass is 9.64. The molecule has 2 aromatic rings. The molecule has 2 N–H and O–H groups in total. The van der Waals surface area contributed by atoms with Gasteiger partial charge in [-0.2, -0.15) is 5.10 Å². The molecule has 1 saturated carbocycles. The SMILES string of the molecule is CCc1cc(NC(=O)C2(c3ccccc3)CCC2)n[nH]1. The van der Waals surface area contributed by atoms with Crippen molar-refractivity contribution in [2.75, 3.05) is 5.32 Å². The minimum absolute atomic E-state index is 0.0594. The predicted molar refractivity (Wildman–Crippen MR) is 78.6 cm³/mol. The first kappa shape index (κ1) is 12.9. The molecule has 0 spiro atoms. The maximum Gasteiger partial charge on any atom is 0.236 e. The van der Waals surface area contributed by atoms with Crippen LogP contribution < -0.4 is 5.32 Å². The number of nitrogens with zero attached hydrogens (tertiary/aromatic N) is 1. The second-order valence-electron chi connectivity index (χ2n) is 5.39. The molecule has 0 bridgehead atoms. The van der Waals surface area contributed by atoms with Crippen LogP contribution in [0.5, 0.6) is 0 Å². The molecule has 1 fully saturated rings. The Hall–Kier alpha value is -2.10. The Kier molecular flexibility index (Phi) is 3.30. The fourth-order valence-corrected chi connectivity index (χ4v) is 2.78. The van der Waals surface area contributed by atoms with Gasteiger partial charge >= 0.3 is 0 Å². The topological polar surface area (TPSA) is 57.8 Å². The highest BCUT2D eigenvalue weighted by molar-refractivity contribution is 5.99. The van der Waals surface area contributed by atoms with Crippen LogP contribution in [0.3, 0.4) is 0 Å². The number of benzene rings is 1. The summed E-state index contributed by atoms with van der Waals surface area (Å²) >= 11 is 0. The highest BCUT2D eigenvalue weighted by atomic mass is 16.2. The molecule has 0 unspecified atom stereocenters. The Morgan fingerprint density at radius 1 is 1.35 bits per heavy atom. The molecular formula is C16H19N3O. The summed E-state index contributed by atoms with van der Waals surface area (Å²) in [5, 5.41) is 10.0. The fraction of sp³-hybridized carbons (Fsp3) is 0.375. The first-order valence-corrected chi connectivity index (χ1v) is 7.16. The number of carbonyl (C=O) groups excluding carboxylic acids is 1. The zero-order valence-electron chi connectivity index (χ0n) is 11.6. The molecule has 1 aliphatic rings. The number of aromatic amines is 1. The van der Waals surface area contributed by atoms with Crippen molar-refractivity contribution >= 4 is 11.7 Å². The van der Waals surface area contributed by atoms with Crippen molar-refractivity contribution in [3.8, 4) is 0 Å². The first-order chi connectivity index (χ1) is 9.74. The van der Waals surface area contributed by atoms with E-state index in [2.05, 4.69) is 22.4 Å². The molecule has 0 atom stereocenters. The van der Waals surface area contributed by atoms with E-state index < -0.39 is 0 Å². The minimum Gasteiger partial charge on any atom is -0.308 e. The zero-order valence-corrected chi connectivity index (χ0v) is 11.6. The van der Waals surface area contributed by atoms with Gasteiger partial charge < -0.3 is 5.32 Å². The van der Waals surface area contributed by atoms with Crippen molar-refractivity contribution in [3.05, 3.63) is 47.7 Å². The summed E-state index contributed by atoms with van der Waals surface area (Å²) in [6, 6.07) is 11.9. The van der Waals surface area contributed by atoms with Gasteiger partial charge in [-0.3, -0.25) is 9.89 Å². The highest BCUT2D eigenvalue weighted by Gasteiger charge is 2.45. The second kappa shape index (κ2) is 5.12. The molecule has 1 amide bonds. The van der Waals surface area contributed by atoms with Crippen LogP contribution in [0.15, 0.2) is 36.4 Å². The summed E-state index contributed by atoms with van der Waals surface area (Å²) in [5.74, 6) is 0.679. The van der Waals surface area contributed by atoms with Crippen LogP contribution in [0, 0.1) is 0 Å². The lowest BCUT2D eigenvalue weighted by Gasteiger charge is -2.40. The Labute approximate surface area is 118 Å². The molecule has 20 heavy (non-hydrogen) atoms. The van der Waals surface area contributed by atoms with Gasteiger partial charge in [-0.05, 0) is 24.8 Å². The summed E-state index contributed by atoms with van der Waals surface area (Å²) < 4.78 is 0. The van der Waals surface area contributed by atoms with Gasteiger partial charge in [0.1, 0.15) is 0 Å². The summed E-state index contributed by atoms with van der Waals surface area (Å²) in [6.45, 7) is 2.05. The van der Waals surface area contributed by atoms with Gasteiger partial charge in [0, 0.05) is 11.8 Å². The molecular weight excluding hydrogens is 250 g/mol. The maximum absolute atomic E-state index is 12.6. The van der Waals surface area contributed by atoms with Crippen LogP contribution in [0.1, 0.15) is 37.4 Å². The maximum atomic E-state index is 12.6. The molecule has 1 aromatic heterocycles. The van der Waals surface area contributed by atoms with Gasteiger partial charge in [-0.1, -0.05) is 43.7 Å². The number of hydrogen-bond donors (Lipinski definition) is 2. The monoisotopic (exact) mass is 269 g/mol. The average Bonchev–Trinajstić information content (AvgIpc) is 2.86. The lowest BCUT2D eigenvalue weighted by Crippen LogP contribution is -2.46. The van der Waals surface area contributed by atoms with Crippen LogP contribution in [0.4, 0.5) is 5.82 Å². The standard InChI is InChI=1S/C16H19N3O/c1-2-13-11-14(19-18-13)17-15(20)16(9-6-10-16)12-7-4-3-5-8-12/h3-5,7-8,11H,2,6,9-10H2,1H3,(H2,17,18,19,20). The number of amides is 1. The van der Waals surface area contributed by atoms with Crippen molar-refractivity contribution < 1.29 is 4.79 Å². The van der Waals surface area contributed by atoms with Gasteiger partial charge in [0.25, 0.3) is 0 Å². The number of aryl methyl sites for hydroxylation is 1. The smallest absolute Gasteiger partial charge is 0.236 e. The van der Waals surface area contributed by atoms with Gasteiger partial charge in [0.15, 0.2) is 5.82 Å². The Morgan fingerprint density at radius 2 is 2.10 bits per heavy atom. The van der Waals surface area contributed by atoms with Crippen LogP contribution in [0.2, 0.25) is 0 Å². The average molecular weight is 269 g/mol. The van der Waals surface area contributed by atoms with E-state index >= 15 is 0 Å². The largest absolute Gasteiger partial charge is 0.308 e. The van der Waals surface area contributed by atoms with Gasteiger partial charge in [0.05, 0.1) is 5.41 Å². The van der Waals surface area contributed by atoms with Crippen molar-refractivity contribution in [1.29, 1.82) is 0 Å². The molecule has 0 saturated heterocycles. The summed E-state index contributed by atoms with van der Waals surface area (Å²) in [5.41, 5.74) is 1.77. The van der Waals surface area contributed by atoms with E-state index in [1.807, 2.05) is 36.4 Å². The second-order valence-corrected chi connectivity index (χ2v) is 5.39. The highest BCUT2D eigenvalue weighted by Crippen LogP contribution is 2.44. The molecule has 1 heterocycles. The van der Waals surface area contributed by atoms with E-state index in [1.165, 1.54) is 0 Å². The number of rotatable bonds is 4. The van der Waals surface area contributed by atoms with E-state index in [0.717, 1.165) is 36.9 Å². The number of anilines is 1. The van der Waals surface area contributed by atoms with E-state index in [-0.39, 0.29) is 11.3 Å². The van der Waals surface area contributed by atoms with E-state index in [1.54, 1.807) is 0 Å². The third-order valence-corrected chi connectivity index (χ3v) is 4.22. The molecule has 0 radical (unpaired) electrons. The number of aromatic nitrogens is 2. The number of carbonyl (C=O) groups is 1. The van der Waals surface area contributed by atoms with Crippen LogP contribution in [-0.2, 0) is 16.6 Å². The molecule has 0 aliphatic heterocycles. The summed E-state index contributed by atoms with van der Waals surface area (Å²) in [6.07, 6.45) is 3.80. The lowest BCUT2D eigenvalue weighted by molar-refractivity contribution is -0.124. The minimum atomic E-state index is -0.368. The van der Waals surface area contributed by atoms with E-state index in [9.17, 15) is 4.79 Å². The normalized spacial score (nSPS) is 16.4. The van der Waals surface area contributed by atoms with Gasteiger partial charge in [0.2, 0.25) is 5.91 Å². The molecule has 4 heteroatoms. The zero-order chi connectivity index (χ0) is 14.0. The quantitative estimate of drug-likeness (QED) is 0.896. The third kappa shape index (κ3) is 2.11. The predicted octanol–water partition coefficient (Wildman–Crippen LogP) is 3.03. The van der Waals surface area contributed by atoms with Gasteiger partial charge in [-0.15, -0.1) is 0 Å². The Morgan fingerprint density at radius 3 is 2.65 bits per heavy atom. The Balaban J connectivity index is 1.81. The van der Waals surface area contributed by atoms with Crippen LogP contribution >= 0.6 is 0 Å².